The van der Waals surface area contributed by atoms with Crippen LogP contribution in [0.2, 0.25) is 0 Å². The topological polar surface area (TPSA) is 138 Å². The molecule has 2 aromatic rings. The van der Waals surface area contributed by atoms with Gasteiger partial charge in [0.05, 0.1) is 18.4 Å². The van der Waals surface area contributed by atoms with Crippen molar-refractivity contribution >= 4 is 17.8 Å². The summed E-state index contributed by atoms with van der Waals surface area (Å²) in [6.07, 6.45) is 1.30. The molecule has 0 radical (unpaired) electrons. The number of nitrogens with one attached hydrogen (secondary N) is 3. The third-order valence-electron chi connectivity index (χ3n) is 4.32. The highest BCUT2D eigenvalue weighted by atomic mass is 16.3. The molecule has 0 saturated carbocycles. The zero-order valence-corrected chi connectivity index (χ0v) is 14.0. The van der Waals surface area contributed by atoms with Gasteiger partial charge in [0, 0.05) is 12.5 Å². The quantitative estimate of drug-likeness (QED) is 0.499. The number of aliphatic hydroxyl groups excluding tert-OH is 1. The van der Waals surface area contributed by atoms with Gasteiger partial charge in [-0.05, 0) is 12.1 Å². The average molecular weight is 358 g/mol. The number of nitrogens with zero attached hydrogens (tertiary/aromatic N) is 3. The van der Waals surface area contributed by atoms with Crippen molar-refractivity contribution in [2.45, 2.75) is 12.5 Å². The van der Waals surface area contributed by atoms with E-state index in [2.05, 4.69) is 26.1 Å². The Morgan fingerprint density at radius 2 is 2.08 bits per heavy atom. The van der Waals surface area contributed by atoms with Crippen LogP contribution in [0.4, 0.5) is 4.79 Å². The minimum Gasteiger partial charge on any atom is -0.396 e. The number of aliphatic hydroxyl groups is 1. The van der Waals surface area contributed by atoms with Crippen molar-refractivity contribution < 1.29 is 19.5 Å². The lowest BCUT2D eigenvalue weighted by atomic mass is 9.85. The van der Waals surface area contributed by atoms with Crippen molar-refractivity contribution in [2.75, 3.05) is 13.2 Å². The second kappa shape index (κ2) is 6.92. The first-order chi connectivity index (χ1) is 12.5. The summed E-state index contributed by atoms with van der Waals surface area (Å²) in [5.41, 5.74) is -0.665. The van der Waals surface area contributed by atoms with Gasteiger partial charge in [-0.15, -0.1) is 5.10 Å². The van der Waals surface area contributed by atoms with Crippen LogP contribution in [0.15, 0.2) is 36.5 Å². The number of hydrogen-bond donors (Lipinski definition) is 4. The molecule has 3 rings (SSSR count). The molecule has 2 heterocycles. The SMILES string of the molecule is CC(CO)C1(CNC(=O)c2cnn(-c3ccccc3)n2)NC(=O)NC1=O. The van der Waals surface area contributed by atoms with Crippen LogP contribution >= 0.6 is 0 Å². The largest absolute Gasteiger partial charge is 0.396 e. The minimum absolute atomic E-state index is 0.0605. The molecule has 136 valence electrons. The fourth-order valence-electron chi connectivity index (χ4n) is 2.67. The van der Waals surface area contributed by atoms with Crippen LogP contribution in [0, 0.1) is 5.92 Å². The Labute approximate surface area is 148 Å². The lowest BCUT2D eigenvalue weighted by Gasteiger charge is -2.31. The molecule has 1 aliphatic heterocycles. The second-order valence-corrected chi connectivity index (χ2v) is 6.00. The normalized spacial score (nSPS) is 20.4. The maximum atomic E-state index is 12.4. The van der Waals surface area contributed by atoms with E-state index in [1.807, 2.05) is 18.2 Å². The van der Waals surface area contributed by atoms with Gasteiger partial charge in [-0.1, -0.05) is 25.1 Å². The lowest BCUT2D eigenvalue weighted by Crippen LogP contribution is -2.60. The average Bonchev–Trinajstić information content (AvgIpc) is 3.25. The maximum Gasteiger partial charge on any atom is 0.322 e. The van der Waals surface area contributed by atoms with E-state index >= 15 is 0 Å². The van der Waals surface area contributed by atoms with Gasteiger partial charge >= 0.3 is 6.03 Å². The fourth-order valence-corrected chi connectivity index (χ4v) is 2.67. The number of imide groups is 1. The zero-order valence-electron chi connectivity index (χ0n) is 14.0. The maximum absolute atomic E-state index is 12.4. The molecular weight excluding hydrogens is 340 g/mol. The molecule has 4 amide bonds. The summed E-state index contributed by atoms with van der Waals surface area (Å²) >= 11 is 0. The molecule has 10 nitrogen and oxygen atoms in total. The van der Waals surface area contributed by atoms with Crippen molar-refractivity contribution in [2.24, 2.45) is 5.92 Å². The number of benzene rings is 1. The Hall–Kier alpha value is -3.27. The number of carbonyl (C=O) groups is 3. The molecule has 2 atom stereocenters. The van der Waals surface area contributed by atoms with Crippen molar-refractivity contribution in [3.8, 4) is 5.69 Å². The summed E-state index contributed by atoms with van der Waals surface area (Å²) in [6, 6.07) is 8.40. The van der Waals surface area contributed by atoms with Crippen LogP contribution in [0.5, 0.6) is 0 Å². The first-order valence-electron chi connectivity index (χ1n) is 7.96. The van der Waals surface area contributed by atoms with Gasteiger partial charge in [0.25, 0.3) is 11.8 Å². The van der Waals surface area contributed by atoms with E-state index in [4.69, 9.17) is 0 Å². The molecule has 0 spiro atoms. The molecule has 26 heavy (non-hydrogen) atoms. The van der Waals surface area contributed by atoms with Gasteiger partial charge in [0.2, 0.25) is 0 Å². The standard InChI is InChI=1S/C16H18N6O4/c1-10(8-23)16(14(25)19-15(26)20-16)9-17-13(24)12-7-18-22(21-12)11-5-3-2-4-6-11/h2-7,10,23H,8-9H2,1H3,(H,17,24)(H2,19,20,25,26). The van der Waals surface area contributed by atoms with Crippen molar-refractivity contribution in [1.29, 1.82) is 0 Å². The smallest absolute Gasteiger partial charge is 0.322 e. The van der Waals surface area contributed by atoms with E-state index in [0.717, 1.165) is 0 Å². The van der Waals surface area contributed by atoms with Crippen LogP contribution in [0.1, 0.15) is 17.4 Å². The lowest BCUT2D eigenvalue weighted by molar-refractivity contribution is -0.126. The molecule has 1 aromatic carbocycles. The van der Waals surface area contributed by atoms with Crippen LogP contribution in [-0.4, -0.2) is 56.6 Å². The summed E-state index contributed by atoms with van der Waals surface area (Å²) < 4.78 is 0. The number of aromatic nitrogens is 3. The Morgan fingerprint density at radius 3 is 2.69 bits per heavy atom. The summed E-state index contributed by atoms with van der Waals surface area (Å²) in [5.74, 6) is -1.75. The van der Waals surface area contributed by atoms with E-state index in [1.165, 1.54) is 11.0 Å². The minimum atomic E-state index is -1.42. The molecule has 1 aliphatic rings. The predicted octanol–water partition coefficient (Wildman–Crippen LogP) is -0.796. The molecule has 2 unspecified atom stereocenters. The van der Waals surface area contributed by atoms with E-state index in [9.17, 15) is 19.5 Å². The summed E-state index contributed by atoms with van der Waals surface area (Å²) in [5, 5.41) is 24.7. The van der Waals surface area contributed by atoms with E-state index in [1.54, 1.807) is 19.1 Å². The molecule has 0 bridgehead atoms. The fraction of sp³-hybridized carbons (Fsp3) is 0.312. The highest BCUT2D eigenvalue weighted by Gasteiger charge is 2.50. The number of rotatable bonds is 6. The zero-order chi connectivity index (χ0) is 18.7. The molecule has 1 aromatic heterocycles. The highest BCUT2D eigenvalue weighted by molar-refractivity contribution is 6.07. The first kappa shape index (κ1) is 17.5. The Morgan fingerprint density at radius 1 is 1.35 bits per heavy atom. The van der Waals surface area contributed by atoms with Gasteiger partial charge in [-0.3, -0.25) is 14.9 Å². The van der Waals surface area contributed by atoms with Gasteiger partial charge in [0.1, 0.15) is 5.54 Å². The Kier molecular flexibility index (Phi) is 4.67. The van der Waals surface area contributed by atoms with E-state index < -0.39 is 29.3 Å². The Balaban J connectivity index is 1.73. The predicted molar refractivity (Wildman–Crippen MR) is 89.3 cm³/mol. The molecular formula is C16H18N6O4. The van der Waals surface area contributed by atoms with Crippen molar-refractivity contribution in [1.82, 2.24) is 30.9 Å². The van der Waals surface area contributed by atoms with Crippen LogP contribution < -0.4 is 16.0 Å². The third-order valence-corrected chi connectivity index (χ3v) is 4.32. The molecule has 1 fully saturated rings. The Bertz CT molecular complexity index is 836. The molecule has 10 heteroatoms. The summed E-state index contributed by atoms with van der Waals surface area (Å²) in [4.78, 5) is 37.3. The van der Waals surface area contributed by atoms with Crippen LogP contribution in [0.3, 0.4) is 0 Å². The monoisotopic (exact) mass is 358 g/mol. The van der Waals surface area contributed by atoms with E-state index in [-0.39, 0.29) is 18.8 Å². The van der Waals surface area contributed by atoms with Gasteiger partial charge in [0.15, 0.2) is 5.69 Å². The van der Waals surface area contributed by atoms with Gasteiger partial charge in [-0.25, -0.2) is 4.79 Å². The highest BCUT2D eigenvalue weighted by Crippen LogP contribution is 2.20. The second-order valence-electron chi connectivity index (χ2n) is 6.00. The van der Waals surface area contributed by atoms with E-state index in [0.29, 0.717) is 5.69 Å². The van der Waals surface area contributed by atoms with Crippen LogP contribution in [0.25, 0.3) is 5.69 Å². The number of para-hydroxylation sites is 1. The van der Waals surface area contributed by atoms with Gasteiger partial charge in [-0.2, -0.15) is 9.90 Å². The third kappa shape index (κ3) is 3.14. The van der Waals surface area contributed by atoms with Crippen LogP contribution in [-0.2, 0) is 4.79 Å². The number of carbonyl (C=O) groups excluding carboxylic acids is 3. The first-order valence-corrected chi connectivity index (χ1v) is 7.96. The molecule has 1 saturated heterocycles. The number of hydrogen-bond acceptors (Lipinski definition) is 6. The number of amides is 4. The number of urea groups is 1. The summed E-state index contributed by atoms with van der Waals surface area (Å²) in [6.45, 7) is 1.07. The van der Waals surface area contributed by atoms with Gasteiger partial charge < -0.3 is 15.7 Å². The van der Waals surface area contributed by atoms with Crippen molar-refractivity contribution in [3.63, 3.8) is 0 Å². The van der Waals surface area contributed by atoms with Crippen molar-refractivity contribution in [3.05, 3.63) is 42.2 Å². The summed E-state index contributed by atoms with van der Waals surface area (Å²) in [7, 11) is 0. The molecule has 4 N–H and O–H groups in total. The molecule has 0 aliphatic carbocycles.